The maximum absolute atomic E-state index is 10.9. The van der Waals surface area contributed by atoms with E-state index in [1.165, 1.54) is 37.9 Å². The Morgan fingerprint density at radius 3 is 2.88 bits per heavy atom. The third-order valence-electron chi connectivity index (χ3n) is 6.98. The first kappa shape index (κ1) is 24.1. The number of piperidine rings is 1. The summed E-state index contributed by atoms with van der Waals surface area (Å²) >= 11 is 0. The minimum atomic E-state index is -0.773. The van der Waals surface area contributed by atoms with E-state index in [1.54, 1.807) is 0 Å². The highest BCUT2D eigenvalue weighted by molar-refractivity contribution is 6.11. The van der Waals surface area contributed by atoms with Gasteiger partial charge in [-0.1, -0.05) is 25.5 Å². The van der Waals surface area contributed by atoms with Gasteiger partial charge >= 0.3 is 0 Å². The van der Waals surface area contributed by atoms with E-state index in [-0.39, 0.29) is 6.04 Å². The molecule has 7 heteroatoms. The van der Waals surface area contributed by atoms with Crippen LogP contribution in [0.1, 0.15) is 62.9 Å². The molecule has 33 heavy (non-hydrogen) atoms. The molecule has 0 aliphatic carbocycles. The molecule has 2 unspecified atom stereocenters. The molecule has 1 aromatic heterocycles. The Bertz CT molecular complexity index is 945. The molecule has 0 amide bonds. The van der Waals surface area contributed by atoms with Crippen LogP contribution in [0.3, 0.4) is 0 Å². The van der Waals surface area contributed by atoms with E-state index in [0.29, 0.717) is 5.92 Å². The molecular weight excluding hydrogens is 412 g/mol. The van der Waals surface area contributed by atoms with Crippen molar-refractivity contribution in [1.29, 1.82) is 0 Å². The number of nitrogens with zero attached hydrogens (tertiary/aromatic N) is 3. The van der Waals surface area contributed by atoms with Gasteiger partial charge in [0.2, 0.25) is 0 Å². The Morgan fingerprint density at radius 2 is 2.09 bits per heavy atom. The fourth-order valence-electron chi connectivity index (χ4n) is 5.05. The molecule has 3 atom stereocenters. The normalized spacial score (nSPS) is 21.3. The number of rotatable bonds is 11. The lowest BCUT2D eigenvalue weighted by Gasteiger charge is -2.30. The zero-order valence-corrected chi connectivity index (χ0v) is 20.2. The fraction of sp³-hybridized carbons (Fsp3) is 0.615. The minimum absolute atomic E-state index is 0.263. The van der Waals surface area contributed by atoms with Crippen LogP contribution >= 0.6 is 0 Å². The highest BCUT2D eigenvalue weighted by atomic mass is 16.3. The second kappa shape index (κ2) is 11.9. The summed E-state index contributed by atoms with van der Waals surface area (Å²) in [5.74, 6) is 0.456. The smallest absolute Gasteiger partial charge is 0.148 e. The van der Waals surface area contributed by atoms with Gasteiger partial charge in [0.15, 0.2) is 0 Å². The van der Waals surface area contributed by atoms with Crippen molar-refractivity contribution in [3.8, 4) is 0 Å². The molecule has 3 heterocycles. The molecule has 1 aromatic carbocycles. The number of likely N-dealkylation sites (tertiary alicyclic amines) is 1. The molecule has 1 fully saturated rings. The Hall–Kier alpha value is -2.06. The second-order valence-electron chi connectivity index (χ2n) is 9.53. The first-order valence-electron chi connectivity index (χ1n) is 12.7. The number of nitrogens with one attached hydrogen (secondary N) is 3. The molecule has 2 aliphatic rings. The van der Waals surface area contributed by atoms with Crippen molar-refractivity contribution < 1.29 is 5.11 Å². The van der Waals surface area contributed by atoms with Gasteiger partial charge in [-0.2, -0.15) is 5.10 Å². The second-order valence-corrected chi connectivity index (χ2v) is 9.53. The monoisotopic (exact) mass is 452 g/mol. The van der Waals surface area contributed by atoms with Crippen LogP contribution in [0, 0.1) is 5.92 Å². The summed E-state index contributed by atoms with van der Waals surface area (Å²) < 4.78 is 0. The maximum Gasteiger partial charge on any atom is 0.148 e. The number of fused-ring (bicyclic) bond motifs is 1. The van der Waals surface area contributed by atoms with Gasteiger partial charge in [0.05, 0.1) is 11.2 Å². The SMILES string of the molecule is CCC(CCCNC)N[C@@H](O)c1[nH]nc2ccc(C3=CC(CN4CCCCC4)CN=C3)cc12. The van der Waals surface area contributed by atoms with Gasteiger partial charge in [-0.15, -0.1) is 0 Å². The van der Waals surface area contributed by atoms with E-state index in [0.717, 1.165) is 61.1 Å². The minimum Gasteiger partial charge on any atom is -0.373 e. The number of allylic oxidation sites excluding steroid dienone is 1. The standard InChI is InChI=1S/C26H40N6O/c1-3-22(8-7-11-27-2)29-26(33)25-23-15-20(9-10-24(23)30-31-25)21-14-19(16-28-17-21)18-32-12-5-4-6-13-32/h9-10,14-15,17,19,22,26-27,29,33H,3-8,11-13,16,18H2,1-2H3,(H,30,31)/t19?,22?,26-/m0/s1. The molecule has 0 bridgehead atoms. The van der Waals surface area contributed by atoms with Crippen molar-refractivity contribution in [3.63, 3.8) is 0 Å². The Kier molecular flexibility index (Phi) is 8.67. The van der Waals surface area contributed by atoms with Gasteiger partial charge < -0.3 is 15.3 Å². The van der Waals surface area contributed by atoms with Crippen molar-refractivity contribution in [2.75, 3.05) is 39.8 Å². The van der Waals surface area contributed by atoms with Crippen LogP contribution in [-0.4, -0.2) is 72.2 Å². The molecule has 0 saturated carbocycles. The summed E-state index contributed by atoms with van der Waals surface area (Å²) in [5.41, 5.74) is 3.90. The van der Waals surface area contributed by atoms with Gasteiger partial charge in [0.25, 0.3) is 0 Å². The molecule has 4 N–H and O–H groups in total. The van der Waals surface area contributed by atoms with Crippen LogP contribution in [0.2, 0.25) is 0 Å². The van der Waals surface area contributed by atoms with Crippen molar-refractivity contribution in [2.45, 2.75) is 57.7 Å². The van der Waals surface area contributed by atoms with E-state index in [9.17, 15) is 5.11 Å². The number of aliphatic hydroxyl groups excluding tert-OH is 1. The summed E-state index contributed by atoms with van der Waals surface area (Å²) in [6.45, 7) is 7.53. The summed E-state index contributed by atoms with van der Waals surface area (Å²) in [6, 6.07) is 6.55. The highest BCUT2D eigenvalue weighted by Gasteiger charge is 2.20. The van der Waals surface area contributed by atoms with Crippen molar-refractivity contribution in [2.24, 2.45) is 10.9 Å². The number of benzene rings is 1. The summed E-state index contributed by atoms with van der Waals surface area (Å²) in [5, 5.41) is 26.0. The van der Waals surface area contributed by atoms with Crippen molar-refractivity contribution in [3.05, 3.63) is 35.5 Å². The van der Waals surface area contributed by atoms with Gasteiger partial charge in [0.1, 0.15) is 6.23 Å². The zero-order valence-electron chi connectivity index (χ0n) is 20.2. The van der Waals surface area contributed by atoms with Gasteiger partial charge in [-0.3, -0.25) is 15.4 Å². The van der Waals surface area contributed by atoms with Crippen LogP contribution < -0.4 is 10.6 Å². The third kappa shape index (κ3) is 6.29. The van der Waals surface area contributed by atoms with Crippen LogP contribution in [0.15, 0.2) is 29.3 Å². The predicted molar refractivity (Wildman–Crippen MR) is 137 cm³/mol. The number of aromatic amines is 1. The number of aliphatic hydroxyl groups is 1. The van der Waals surface area contributed by atoms with Crippen molar-refractivity contribution in [1.82, 2.24) is 25.7 Å². The fourth-order valence-corrected chi connectivity index (χ4v) is 5.05. The topological polar surface area (TPSA) is 88.6 Å². The van der Waals surface area contributed by atoms with E-state index in [2.05, 4.69) is 55.9 Å². The van der Waals surface area contributed by atoms with Gasteiger partial charge in [0, 0.05) is 36.7 Å². The number of aliphatic imine (C=N–C) groups is 1. The molecule has 4 rings (SSSR count). The van der Waals surface area contributed by atoms with Crippen LogP contribution in [-0.2, 0) is 0 Å². The lowest BCUT2D eigenvalue weighted by Crippen LogP contribution is -2.35. The third-order valence-corrected chi connectivity index (χ3v) is 6.98. The number of aromatic nitrogens is 2. The molecule has 1 saturated heterocycles. The highest BCUT2D eigenvalue weighted by Crippen LogP contribution is 2.27. The molecule has 7 nitrogen and oxygen atoms in total. The lowest BCUT2D eigenvalue weighted by molar-refractivity contribution is 0.116. The van der Waals surface area contributed by atoms with E-state index in [1.807, 2.05) is 19.3 Å². The average molecular weight is 453 g/mol. The van der Waals surface area contributed by atoms with E-state index in [4.69, 9.17) is 0 Å². The lowest BCUT2D eigenvalue weighted by atomic mass is 9.96. The first-order valence-corrected chi connectivity index (χ1v) is 12.7. The molecule has 0 spiro atoms. The number of hydrogen-bond acceptors (Lipinski definition) is 6. The molecule has 0 radical (unpaired) electrons. The first-order chi connectivity index (χ1) is 16.2. The van der Waals surface area contributed by atoms with Crippen LogP contribution in [0.5, 0.6) is 0 Å². The van der Waals surface area contributed by atoms with E-state index < -0.39 is 6.23 Å². The predicted octanol–water partition coefficient (Wildman–Crippen LogP) is 3.49. The number of dihydropyridines is 1. The quantitative estimate of drug-likeness (QED) is 0.310. The maximum atomic E-state index is 10.9. The van der Waals surface area contributed by atoms with Crippen LogP contribution in [0.25, 0.3) is 16.5 Å². The summed E-state index contributed by atoms with van der Waals surface area (Å²) in [4.78, 5) is 7.27. The largest absolute Gasteiger partial charge is 0.373 e. The van der Waals surface area contributed by atoms with Crippen LogP contribution in [0.4, 0.5) is 0 Å². The Balaban J connectivity index is 1.48. The zero-order chi connectivity index (χ0) is 23.0. The molecule has 2 aliphatic heterocycles. The van der Waals surface area contributed by atoms with Gasteiger partial charge in [-0.05, 0) is 82.1 Å². The Labute approximate surface area is 197 Å². The van der Waals surface area contributed by atoms with Crippen molar-refractivity contribution >= 4 is 22.7 Å². The van der Waals surface area contributed by atoms with E-state index >= 15 is 0 Å². The Morgan fingerprint density at radius 1 is 1.24 bits per heavy atom. The summed E-state index contributed by atoms with van der Waals surface area (Å²) in [7, 11) is 1.97. The molecule has 2 aromatic rings. The number of hydrogen-bond donors (Lipinski definition) is 4. The summed E-state index contributed by atoms with van der Waals surface area (Å²) in [6.07, 6.45) is 10.7. The van der Waals surface area contributed by atoms with Gasteiger partial charge in [-0.25, -0.2) is 0 Å². The molecular formula is C26H40N6O. The average Bonchev–Trinajstić information content (AvgIpc) is 3.28. The molecule has 180 valence electrons. The number of H-pyrrole nitrogens is 1.